The standard InChI is InChI=1S/C25H28N6S/c1-14-5-7-19-22(9-14)28-23(32)12-17-13-26-25(30-24(17)19)29-21-11-16-10-18(31(3)4)6-8-20(16)27-15(21)2/h5,7,9,11,13,18H,6,8,10,12H2,1-4H3,(H,28,32)(H,26,29,30)/t18-/m0/s1. The van der Waals surface area contributed by atoms with Crippen LogP contribution in [0.1, 0.15) is 34.5 Å². The molecule has 0 amide bonds. The minimum atomic E-state index is 0.555. The summed E-state index contributed by atoms with van der Waals surface area (Å²) in [6, 6.07) is 9.11. The number of aromatic nitrogens is 3. The van der Waals surface area contributed by atoms with Crippen LogP contribution < -0.4 is 10.6 Å². The molecule has 1 aliphatic heterocycles. The fourth-order valence-corrected chi connectivity index (χ4v) is 4.87. The monoisotopic (exact) mass is 444 g/mol. The van der Waals surface area contributed by atoms with Crippen LogP contribution in [0.5, 0.6) is 0 Å². The number of rotatable bonds is 3. The van der Waals surface area contributed by atoms with E-state index >= 15 is 0 Å². The van der Waals surface area contributed by atoms with Gasteiger partial charge in [0.2, 0.25) is 5.95 Å². The minimum Gasteiger partial charge on any atom is -0.349 e. The zero-order valence-electron chi connectivity index (χ0n) is 19.0. The molecule has 164 valence electrons. The molecule has 0 saturated heterocycles. The van der Waals surface area contributed by atoms with Gasteiger partial charge in [-0.1, -0.05) is 24.4 Å². The molecule has 0 unspecified atom stereocenters. The summed E-state index contributed by atoms with van der Waals surface area (Å²) in [5.41, 5.74) is 9.65. The van der Waals surface area contributed by atoms with E-state index in [0.29, 0.717) is 18.4 Å². The molecule has 1 aliphatic carbocycles. The molecule has 0 radical (unpaired) electrons. The topological polar surface area (TPSA) is 66.0 Å². The highest BCUT2D eigenvalue weighted by atomic mass is 32.1. The third-order valence-electron chi connectivity index (χ3n) is 6.45. The zero-order valence-corrected chi connectivity index (χ0v) is 19.8. The maximum atomic E-state index is 5.53. The van der Waals surface area contributed by atoms with E-state index in [2.05, 4.69) is 65.8 Å². The number of nitrogens with zero attached hydrogens (tertiary/aromatic N) is 4. The molecule has 2 N–H and O–H groups in total. The smallest absolute Gasteiger partial charge is 0.227 e. The number of likely N-dealkylation sites (N-methyl/N-ethyl adjacent to an activating group) is 1. The average Bonchev–Trinajstić information content (AvgIpc) is 2.88. The molecule has 5 rings (SSSR count). The maximum absolute atomic E-state index is 5.53. The van der Waals surface area contributed by atoms with Gasteiger partial charge in [-0.05, 0) is 70.5 Å². The van der Waals surface area contributed by atoms with Crippen LogP contribution in [-0.2, 0) is 19.3 Å². The third kappa shape index (κ3) is 3.98. The lowest BCUT2D eigenvalue weighted by Crippen LogP contribution is -2.34. The number of anilines is 3. The Morgan fingerprint density at radius 2 is 1.97 bits per heavy atom. The van der Waals surface area contributed by atoms with Crippen LogP contribution in [0.3, 0.4) is 0 Å². The van der Waals surface area contributed by atoms with Crippen LogP contribution >= 0.6 is 12.2 Å². The molecule has 32 heavy (non-hydrogen) atoms. The molecule has 1 aromatic carbocycles. The summed E-state index contributed by atoms with van der Waals surface area (Å²) in [5, 5.41) is 6.80. The lowest BCUT2D eigenvalue weighted by atomic mass is 9.90. The molecule has 2 aromatic heterocycles. The SMILES string of the molecule is Cc1ccc2c(c1)NC(=S)Cc1cnc(Nc3cc4c(nc3C)CC[C@H](N(C)C)C4)nc1-2. The van der Waals surface area contributed by atoms with E-state index in [0.717, 1.165) is 58.1 Å². The van der Waals surface area contributed by atoms with Crippen molar-refractivity contribution in [1.29, 1.82) is 0 Å². The van der Waals surface area contributed by atoms with Crippen molar-refractivity contribution in [1.82, 2.24) is 19.9 Å². The Morgan fingerprint density at radius 1 is 1.12 bits per heavy atom. The summed E-state index contributed by atoms with van der Waals surface area (Å²) in [7, 11) is 4.31. The number of benzene rings is 1. The van der Waals surface area contributed by atoms with Gasteiger partial charge in [0.1, 0.15) is 0 Å². The zero-order chi connectivity index (χ0) is 22.4. The van der Waals surface area contributed by atoms with E-state index < -0.39 is 0 Å². The van der Waals surface area contributed by atoms with E-state index in [4.69, 9.17) is 22.2 Å². The van der Waals surface area contributed by atoms with E-state index in [1.54, 1.807) is 0 Å². The third-order valence-corrected chi connectivity index (χ3v) is 6.69. The van der Waals surface area contributed by atoms with Gasteiger partial charge in [0, 0.05) is 41.2 Å². The van der Waals surface area contributed by atoms with Crippen molar-refractivity contribution in [3.8, 4) is 11.3 Å². The lowest BCUT2D eigenvalue weighted by molar-refractivity contribution is 0.266. The molecular formula is C25H28N6S. The van der Waals surface area contributed by atoms with Gasteiger partial charge in [-0.15, -0.1) is 0 Å². The predicted molar refractivity (Wildman–Crippen MR) is 134 cm³/mol. The van der Waals surface area contributed by atoms with Gasteiger partial charge in [-0.2, -0.15) is 0 Å². The molecule has 0 spiro atoms. The molecule has 6 nitrogen and oxygen atoms in total. The van der Waals surface area contributed by atoms with Crippen molar-refractivity contribution in [2.45, 2.75) is 45.6 Å². The first kappa shape index (κ1) is 21.0. The summed E-state index contributed by atoms with van der Waals surface area (Å²) in [4.78, 5) is 17.5. The van der Waals surface area contributed by atoms with Crippen LogP contribution in [-0.4, -0.2) is 45.0 Å². The molecular weight excluding hydrogens is 416 g/mol. The second kappa shape index (κ2) is 8.22. The van der Waals surface area contributed by atoms with Crippen LogP contribution in [0.4, 0.5) is 17.3 Å². The van der Waals surface area contributed by atoms with E-state index in [-0.39, 0.29) is 0 Å². The van der Waals surface area contributed by atoms with Gasteiger partial charge in [0.15, 0.2) is 0 Å². The summed E-state index contributed by atoms with van der Waals surface area (Å²) in [6.45, 7) is 4.13. The number of hydrogen-bond acceptors (Lipinski definition) is 6. The van der Waals surface area contributed by atoms with Crippen molar-refractivity contribution < 1.29 is 0 Å². The van der Waals surface area contributed by atoms with Crippen molar-refractivity contribution in [2.75, 3.05) is 24.7 Å². The number of hydrogen-bond donors (Lipinski definition) is 2. The Hall–Kier alpha value is -2.90. The molecule has 3 aromatic rings. The maximum Gasteiger partial charge on any atom is 0.227 e. The Balaban J connectivity index is 1.50. The summed E-state index contributed by atoms with van der Waals surface area (Å²) in [6.07, 6.45) is 5.71. The predicted octanol–water partition coefficient (Wildman–Crippen LogP) is 4.61. The van der Waals surface area contributed by atoms with Gasteiger partial charge >= 0.3 is 0 Å². The molecule has 2 aliphatic rings. The van der Waals surface area contributed by atoms with Crippen LogP contribution in [0.25, 0.3) is 11.3 Å². The van der Waals surface area contributed by atoms with E-state index in [1.807, 2.05) is 13.1 Å². The molecule has 7 heteroatoms. The van der Waals surface area contributed by atoms with Gasteiger partial charge in [-0.25, -0.2) is 9.97 Å². The fourth-order valence-electron chi connectivity index (χ4n) is 4.60. The first-order valence-electron chi connectivity index (χ1n) is 11.1. The Morgan fingerprint density at radius 3 is 2.78 bits per heavy atom. The highest BCUT2D eigenvalue weighted by molar-refractivity contribution is 7.80. The van der Waals surface area contributed by atoms with Gasteiger partial charge in [-0.3, -0.25) is 4.98 Å². The normalized spacial score (nSPS) is 17.2. The number of pyridine rings is 1. The highest BCUT2D eigenvalue weighted by Crippen LogP contribution is 2.34. The second-order valence-electron chi connectivity index (χ2n) is 9.05. The fraction of sp³-hybridized carbons (Fsp3) is 0.360. The lowest BCUT2D eigenvalue weighted by Gasteiger charge is -2.30. The van der Waals surface area contributed by atoms with Crippen molar-refractivity contribution in [3.63, 3.8) is 0 Å². The molecule has 0 saturated carbocycles. The minimum absolute atomic E-state index is 0.555. The molecule has 1 atom stereocenters. The highest BCUT2D eigenvalue weighted by Gasteiger charge is 2.23. The molecule has 0 fully saturated rings. The quantitative estimate of drug-likeness (QED) is 0.572. The second-order valence-corrected chi connectivity index (χ2v) is 9.55. The Bertz CT molecular complexity index is 1220. The van der Waals surface area contributed by atoms with Crippen LogP contribution in [0.2, 0.25) is 0 Å². The van der Waals surface area contributed by atoms with Crippen molar-refractivity contribution >= 4 is 34.5 Å². The Labute approximate surface area is 194 Å². The largest absolute Gasteiger partial charge is 0.349 e. The van der Waals surface area contributed by atoms with Crippen molar-refractivity contribution in [2.24, 2.45) is 0 Å². The van der Waals surface area contributed by atoms with Crippen LogP contribution in [0, 0.1) is 13.8 Å². The summed E-state index contributed by atoms with van der Waals surface area (Å²) >= 11 is 5.53. The van der Waals surface area contributed by atoms with Crippen LogP contribution in [0.15, 0.2) is 30.5 Å². The number of fused-ring (bicyclic) bond motifs is 4. The van der Waals surface area contributed by atoms with E-state index in [1.165, 1.54) is 16.8 Å². The van der Waals surface area contributed by atoms with Gasteiger partial charge in [0.25, 0.3) is 0 Å². The summed E-state index contributed by atoms with van der Waals surface area (Å²) < 4.78 is 0. The van der Waals surface area contributed by atoms with Gasteiger partial charge in [0.05, 0.1) is 22.1 Å². The van der Waals surface area contributed by atoms with E-state index in [9.17, 15) is 0 Å². The van der Waals surface area contributed by atoms with Gasteiger partial charge < -0.3 is 15.5 Å². The number of aryl methyl sites for hydroxylation is 3. The summed E-state index contributed by atoms with van der Waals surface area (Å²) in [5.74, 6) is 0.577. The number of nitrogens with one attached hydrogen (secondary N) is 2. The first-order chi connectivity index (χ1) is 15.4. The Kier molecular flexibility index (Phi) is 5.39. The first-order valence-corrected chi connectivity index (χ1v) is 11.5. The molecule has 0 bridgehead atoms. The van der Waals surface area contributed by atoms with Crippen molar-refractivity contribution in [3.05, 3.63) is 58.5 Å². The average molecular weight is 445 g/mol. The number of thiocarbonyl (C=S) groups is 1. The molecule has 3 heterocycles.